The Hall–Kier alpha value is -4.14. The summed E-state index contributed by atoms with van der Waals surface area (Å²) in [5.74, 6) is -1.64. The summed E-state index contributed by atoms with van der Waals surface area (Å²) in [7, 11) is -3.93. The third-order valence-electron chi connectivity index (χ3n) is 5.72. The molecule has 0 bridgehead atoms. The molecular weight excluding hydrogens is 512 g/mol. The number of sulfonamides is 1. The average Bonchev–Trinajstić information content (AvgIpc) is 2.89. The quantitative estimate of drug-likeness (QED) is 0.289. The fraction of sp³-hybridized carbons (Fsp3) is 0.0714. The number of halogens is 1. The fourth-order valence-corrected chi connectivity index (χ4v) is 5.47. The lowest BCUT2D eigenvalue weighted by molar-refractivity contribution is 0.0698. The van der Waals surface area contributed by atoms with E-state index < -0.39 is 21.9 Å². The molecule has 0 saturated heterocycles. The van der Waals surface area contributed by atoms with Crippen molar-refractivity contribution in [3.8, 4) is 0 Å². The zero-order valence-electron chi connectivity index (χ0n) is 19.8. The molecule has 0 saturated carbocycles. The van der Waals surface area contributed by atoms with Crippen molar-refractivity contribution in [1.82, 2.24) is 0 Å². The minimum absolute atomic E-state index is 0.00214. The molecule has 37 heavy (non-hydrogen) atoms. The number of carbonyl (C=O) groups is 2. The number of amides is 1. The van der Waals surface area contributed by atoms with E-state index in [1.54, 1.807) is 72.8 Å². The smallest absolute Gasteiger partial charge is 0.337 e. The number of hydrogen-bond acceptors (Lipinski definition) is 4. The van der Waals surface area contributed by atoms with E-state index in [9.17, 15) is 23.1 Å². The van der Waals surface area contributed by atoms with Gasteiger partial charge in [0.05, 0.1) is 28.4 Å². The van der Waals surface area contributed by atoms with Crippen molar-refractivity contribution in [1.29, 1.82) is 0 Å². The van der Waals surface area contributed by atoms with Crippen LogP contribution >= 0.6 is 11.6 Å². The van der Waals surface area contributed by atoms with Gasteiger partial charge >= 0.3 is 5.97 Å². The molecule has 0 aliphatic carbocycles. The van der Waals surface area contributed by atoms with Gasteiger partial charge in [-0.2, -0.15) is 0 Å². The number of aryl methyl sites for hydroxylation is 1. The molecule has 0 spiro atoms. The minimum Gasteiger partial charge on any atom is -0.478 e. The molecule has 0 radical (unpaired) electrons. The molecule has 1 amide bonds. The predicted molar refractivity (Wildman–Crippen MR) is 144 cm³/mol. The number of carboxylic acids is 1. The number of nitrogens with zero attached hydrogens (tertiary/aromatic N) is 1. The van der Waals surface area contributed by atoms with Crippen LogP contribution in [0.4, 0.5) is 11.4 Å². The average molecular weight is 535 g/mol. The molecule has 0 aromatic heterocycles. The van der Waals surface area contributed by atoms with Crippen molar-refractivity contribution in [2.24, 2.45) is 0 Å². The summed E-state index contributed by atoms with van der Waals surface area (Å²) in [5, 5.41) is 12.4. The Labute approximate surface area is 220 Å². The summed E-state index contributed by atoms with van der Waals surface area (Å²) in [5.41, 5.74) is 2.27. The molecule has 7 nitrogen and oxygen atoms in total. The van der Waals surface area contributed by atoms with E-state index in [0.717, 1.165) is 5.56 Å². The zero-order chi connectivity index (χ0) is 26.6. The topological polar surface area (TPSA) is 104 Å². The van der Waals surface area contributed by atoms with Gasteiger partial charge in [-0.3, -0.25) is 9.10 Å². The molecule has 0 unspecified atom stereocenters. The number of rotatable bonds is 8. The van der Waals surface area contributed by atoms with Gasteiger partial charge in [-0.25, -0.2) is 13.2 Å². The Balaban J connectivity index is 1.63. The number of anilines is 2. The number of benzene rings is 4. The van der Waals surface area contributed by atoms with Crippen LogP contribution in [-0.4, -0.2) is 25.4 Å². The van der Waals surface area contributed by atoms with Gasteiger partial charge in [-0.15, -0.1) is 0 Å². The SMILES string of the molecule is Cc1ccc(Cl)cc1N(Cc1ccc(C(=O)Nc2ccccc2C(=O)O)cc1)S(=O)(=O)c1ccccc1. The zero-order valence-corrected chi connectivity index (χ0v) is 21.3. The molecule has 4 aromatic carbocycles. The second-order valence-electron chi connectivity index (χ2n) is 8.26. The van der Waals surface area contributed by atoms with E-state index in [0.29, 0.717) is 21.8 Å². The summed E-state index contributed by atoms with van der Waals surface area (Å²) in [6.45, 7) is 1.81. The Morgan fingerprint density at radius 2 is 1.54 bits per heavy atom. The lowest BCUT2D eigenvalue weighted by Crippen LogP contribution is -2.31. The standard InChI is InChI=1S/C28H23ClN2O5S/c1-19-11-16-22(29)17-26(19)31(37(35,36)23-7-3-2-4-8-23)18-20-12-14-21(15-13-20)27(32)30-25-10-6-5-9-24(25)28(33)34/h2-17H,18H2,1H3,(H,30,32)(H,33,34). The molecule has 0 atom stereocenters. The van der Waals surface area contributed by atoms with Crippen molar-refractivity contribution in [3.63, 3.8) is 0 Å². The molecule has 0 aliphatic rings. The van der Waals surface area contributed by atoms with Gasteiger partial charge in [-0.05, 0) is 66.6 Å². The van der Waals surface area contributed by atoms with Crippen molar-refractivity contribution in [2.45, 2.75) is 18.4 Å². The molecule has 0 aliphatic heterocycles. The van der Waals surface area contributed by atoms with Gasteiger partial charge in [0.25, 0.3) is 15.9 Å². The largest absolute Gasteiger partial charge is 0.478 e. The van der Waals surface area contributed by atoms with Crippen molar-refractivity contribution in [3.05, 3.63) is 124 Å². The summed E-state index contributed by atoms with van der Waals surface area (Å²) in [6, 6.07) is 25.7. The van der Waals surface area contributed by atoms with Crippen LogP contribution in [0.3, 0.4) is 0 Å². The van der Waals surface area contributed by atoms with Crippen LogP contribution in [0, 0.1) is 6.92 Å². The van der Waals surface area contributed by atoms with Crippen LogP contribution in [0.15, 0.2) is 102 Å². The maximum absolute atomic E-state index is 13.6. The van der Waals surface area contributed by atoms with Crippen LogP contribution < -0.4 is 9.62 Å². The summed E-state index contributed by atoms with van der Waals surface area (Å²) >= 11 is 6.21. The van der Waals surface area contributed by atoms with E-state index >= 15 is 0 Å². The lowest BCUT2D eigenvalue weighted by atomic mass is 10.1. The summed E-state index contributed by atoms with van der Waals surface area (Å²) in [6.07, 6.45) is 0. The van der Waals surface area contributed by atoms with E-state index in [-0.39, 0.29) is 22.7 Å². The highest BCUT2D eigenvalue weighted by molar-refractivity contribution is 7.92. The number of carboxylic acid groups (broad SMARTS) is 1. The number of para-hydroxylation sites is 1. The molecule has 4 rings (SSSR count). The fourth-order valence-electron chi connectivity index (χ4n) is 3.77. The number of hydrogen-bond donors (Lipinski definition) is 2. The van der Waals surface area contributed by atoms with E-state index in [4.69, 9.17) is 11.6 Å². The van der Waals surface area contributed by atoms with Crippen LogP contribution in [0.5, 0.6) is 0 Å². The number of carbonyl (C=O) groups excluding carboxylic acids is 1. The van der Waals surface area contributed by atoms with Gasteiger partial charge in [0, 0.05) is 10.6 Å². The Morgan fingerprint density at radius 3 is 2.22 bits per heavy atom. The van der Waals surface area contributed by atoms with Crippen LogP contribution in [0.1, 0.15) is 31.8 Å². The van der Waals surface area contributed by atoms with Crippen molar-refractivity contribution in [2.75, 3.05) is 9.62 Å². The first kappa shape index (κ1) is 25.9. The van der Waals surface area contributed by atoms with Crippen molar-refractivity contribution < 1.29 is 23.1 Å². The third kappa shape index (κ3) is 5.82. The van der Waals surface area contributed by atoms with E-state index in [2.05, 4.69) is 5.32 Å². The second kappa shape index (κ2) is 10.9. The maximum Gasteiger partial charge on any atom is 0.337 e. The first-order valence-electron chi connectivity index (χ1n) is 11.2. The van der Waals surface area contributed by atoms with Crippen molar-refractivity contribution >= 4 is 44.9 Å². The predicted octanol–water partition coefficient (Wildman–Crippen LogP) is 5.99. The summed E-state index contributed by atoms with van der Waals surface area (Å²) < 4.78 is 28.6. The number of nitrogens with one attached hydrogen (secondary N) is 1. The minimum atomic E-state index is -3.93. The van der Waals surface area contributed by atoms with Crippen LogP contribution in [0.2, 0.25) is 5.02 Å². The molecule has 4 aromatic rings. The molecule has 0 heterocycles. The maximum atomic E-state index is 13.6. The van der Waals surface area contributed by atoms with Gasteiger partial charge in [-0.1, -0.05) is 60.1 Å². The first-order chi connectivity index (χ1) is 17.7. The van der Waals surface area contributed by atoms with Gasteiger partial charge < -0.3 is 10.4 Å². The third-order valence-corrected chi connectivity index (χ3v) is 7.73. The Bertz CT molecular complexity index is 1560. The molecule has 0 fully saturated rings. The normalized spacial score (nSPS) is 11.1. The number of aromatic carboxylic acids is 1. The Kier molecular flexibility index (Phi) is 7.61. The lowest BCUT2D eigenvalue weighted by Gasteiger charge is -2.26. The molecule has 9 heteroatoms. The monoisotopic (exact) mass is 534 g/mol. The van der Waals surface area contributed by atoms with E-state index in [1.807, 2.05) is 6.92 Å². The first-order valence-corrected chi connectivity index (χ1v) is 13.0. The highest BCUT2D eigenvalue weighted by Gasteiger charge is 2.26. The highest BCUT2D eigenvalue weighted by atomic mass is 35.5. The van der Waals surface area contributed by atoms with Crippen LogP contribution in [-0.2, 0) is 16.6 Å². The van der Waals surface area contributed by atoms with Crippen LogP contribution in [0.25, 0.3) is 0 Å². The Morgan fingerprint density at radius 1 is 0.892 bits per heavy atom. The second-order valence-corrected chi connectivity index (χ2v) is 10.6. The van der Waals surface area contributed by atoms with Gasteiger partial charge in [0.1, 0.15) is 0 Å². The van der Waals surface area contributed by atoms with Gasteiger partial charge in [0.15, 0.2) is 0 Å². The van der Waals surface area contributed by atoms with Gasteiger partial charge in [0.2, 0.25) is 0 Å². The summed E-state index contributed by atoms with van der Waals surface area (Å²) in [4.78, 5) is 24.3. The highest BCUT2D eigenvalue weighted by Crippen LogP contribution is 2.31. The molecular formula is C28H23ClN2O5S. The molecule has 188 valence electrons. The van der Waals surface area contributed by atoms with E-state index in [1.165, 1.54) is 28.6 Å². The molecule has 2 N–H and O–H groups in total.